The molecule has 0 radical (unpaired) electrons. The molecule has 0 amide bonds. The van der Waals surface area contributed by atoms with E-state index in [0.717, 1.165) is 30.4 Å². The van der Waals surface area contributed by atoms with Crippen LogP contribution < -0.4 is 5.32 Å². The Hall–Kier alpha value is -1.65. The van der Waals surface area contributed by atoms with Crippen molar-refractivity contribution < 1.29 is 8.42 Å². The van der Waals surface area contributed by atoms with Crippen molar-refractivity contribution in [1.29, 1.82) is 0 Å². The molecule has 116 valence electrons. The van der Waals surface area contributed by atoms with Crippen LogP contribution in [0.1, 0.15) is 35.6 Å². The zero-order valence-corrected chi connectivity index (χ0v) is 13.8. The third-order valence-corrected chi connectivity index (χ3v) is 6.19. The number of benzene rings is 2. The quantitative estimate of drug-likeness (QED) is 0.944. The van der Waals surface area contributed by atoms with Gasteiger partial charge in [0.05, 0.1) is 9.79 Å². The second-order valence-corrected chi connectivity index (χ2v) is 7.86. The van der Waals surface area contributed by atoms with Gasteiger partial charge in [-0.2, -0.15) is 0 Å². The molecule has 3 nitrogen and oxygen atoms in total. The molecule has 0 fully saturated rings. The number of sulfone groups is 1. The first-order valence-electron chi connectivity index (χ1n) is 7.64. The van der Waals surface area contributed by atoms with Crippen LogP contribution in [0.3, 0.4) is 0 Å². The molecule has 1 unspecified atom stereocenters. The minimum atomic E-state index is -3.43. The fourth-order valence-electron chi connectivity index (χ4n) is 3.11. The van der Waals surface area contributed by atoms with Crippen molar-refractivity contribution in [1.82, 2.24) is 5.32 Å². The SMILES string of the molecule is CNC1CCCc2cc(S(=O)(=O)c3ccc(C)cc3)ccc21. The normalized spacial score (nSPS) is 18.0. The molecule has 2 aromatic rings. The van der Waals surface area contributed by atoms with Crippen LogP contribution in [0, 0.1) is 6.92 Å². The average Bonchev–Trinajstić information content (AvgIpc) is 2.54. The lowest BCUT2D eigenvalue weighted by Crippen LogP contribution is -2.21. The maximum Gasteiger partial charge on any atom is 0.206 e. The maximum atomic E-state index is 12.8. The fourth-order valence-corrected chi connectivity index (χ4v) is 4.42. The van der Waals surface area contributed by atoms with Crippen LogP contribution in [-0.2, 0) is 16.3 Å². The molecular formula is C18H21NO2S. The number of rotatable bonds is 3. The Morgan fingerprint density at radius 2 is 1.73 bits per heavy atom. The summed E-state index contributed by atoms with van der Waals surface area (Å²) >= 11 is 0. The lowest BCUT2D eigenvalue weighted by Gasteiger charge is -2.25. The second-order valence-electron chi connectivity index (χ2n) is 5.91. The molecule has 0 heterocycles. The number of aryl methyl sites for hydroxylation is 2. The van der Waals surface area contributed by atoms with Crippen LogP contribution in [0.2, 0.25) is 0 Å². The average molecular weight is 315 g/mol. The van der Waals surface area contributed by atoms with Crippen LogP contribution in [0.4, 0.5) is 0 Å². The molecule has 0 spiro atoms. The Morgan fingerprint density at radius 3 is 2.41 bits per heavy atom. The highest BCUT2D eigenvalue weighted by Gasteiger charge is 2.23. The molecule has 0 aromatic heterocycles. The van der Waals surface area contributed by atoms with Crippen LogP contribution in [-0.4, -0.2) is 15.5 Å². The topological polar surface area (TPSA) is 46.2 Å². The smallest absolute Gasteiger partial charge is 0.206 e. The van der Waals surface area contributed by atoms with Crippen molar-refractivity contribution in [2.75, 3.05) is 7.05 Å². The van der Waals surface area contributed by atoms with Crippen LogP contribution in [0.15, 0.2) is 52.3 Å². The summed E-state index contributed by atoms with van der Waals surface area (Å²) < 4.78 is 25.5. The summed E-state index contributed by atoms with van der Waals surface area (Å²) in [6.07, 6.45) is 3.14. The van der Waals surface area contributed by atoms with Crippen molar-refractivity contribution in [3.63, 3.8) is 0 Å². The molecule has 0 bridgehead atoms. The number of hydrogen-bond acceptors (Lipinski definition) is 3. The van der Waals surface area contributed by atoms with E-state index in [4.69, 9.17) is 0 Å². The van der Waals surface area contributed by atoms with Gasteiger partial charge in [0.2, 0.25) is 9.84 Å². The molecule has 1 aliphatic carbocycles. The van der Waals surface area contributed by atoms with Gasteiger partial charge < -0.3 is 5.32 Å². The predicted octanol–water partition coefficient (Wildman–Crippen LogP) is 3.42. The van der Waals surface area contributed by atoms with E-state index in [2.05, 4.69) is 5.32 Å². The molecule has 0 saturated carbocycles. The van der Waals surface area contributed by atoms with Gasteiger partial charge in [-0.15, -0.1) is 0 Å². The summed E-state index contributed by atoms with van der Waals surface area (Å²) in [7, 11) is -1.48. The van der Waals surface area contributed by atoms with E-state index in [1.54, 1.807) is 18.2 Å². The van der Waals surface area contributed by atoms with E-state index in [1.165, 1.54) is 5.56 Å². The zero-order valence-electron chi connectivity index (χ0n) is 13.0. The Labute approximate surface area is 132 Å². The molecule has 4 heteroatoms. The molecule has 1 atom stereocenters. The Kier molecular flexibility index (Phi) is 4.06. The third kappa shape index (κ3) is 2.69. The van der Waals surface area contributed by atoms with E-state index < -0.39 is 9.84 Å². The molecule has 0 saturated heterocycles. The van der Waals surface area contributed by atoms with Crippen molar-refractivity contribution in [2.24, 2.45) is 0 Å². The summed E-state index contributed by atoms with van der Waals surface area (Å²) in [6.45, 7) is 1.95. The Bertz CT molecular complexity index is 779. The van der Waals surface area contributed by atoms with E-state index >= 15 is 0 Å². The first-order chi connectivity index (χ1) is 10.5. The van der Waals surface area contributed by atoms with Crippen LogP contribution in [0.25, 0.3) is 0 Å². The summed E-state index contributed by atoms with van der Waals surface area (Å²) in [6, 6.07) is 12.9. The van der Waals surface area contributed by atoms with Crippen LogP contribution in [0.5, 0.6) is 0 Å². The van der Waals surface area contributed by atoms with E-state index in [-0.39, 0.29) is 0 Å². The molecular weight excluding hydrogens is 294 g/mol. The van der Waals surface area contributed by atoms with E-state index in [1.807, 2.05) is 38.2 Å². The molecule has 22 heavy (non-hydrogen) atoms. The van der Waals surface area contributed by atoms with Gasteiger partial charge in [-0.3, -0.25) is 0 Å². The Morgan fingerprint density at radius 1 is 1.05 bits per heavy atom. The molecule has 1 aliphatic rings. The second kappa shape index (κ2) is 5.86. The van der Waals surface area contributed by atoms with Gasteiger partial charge in [0.15, 0.2) is 0 Å². The molecule has 2 aromatic carbocycles. The summed E-state index contributed by atoms with van der Waals surface area (Å²) in [5.74, 6) is 0. The summed E-state index contributed by atoms with van der Waals surface area (Å²) in [5.41, 5.74) is 3.44. The van der Waals surface area contributed by atoms with Crippen molar-refractivity contribution in [3.8, 4) is 0 Å². The van der Waals surface area contributed by atoms with Crippen LogP contribution >= 0.6 is 0 Å². The number of hydrogen-bond donors (Lipinski definition) is 1. The van der Waals surface area contributed by atoms with Gasteiger partial charge >= 0.3 is 0 Å². The lowest BCUT2D eigenvalue weighted by molar-refractivity contribution is 0.495. The highest BCUT2D eigenvalue weighted by molar-refractivity contribution is 7.91. The van der Waals surface area contributed by atoms with Crippen molar-refractivity contribution in [2.45, 2.75) is 42.0 Å². The van der Waals surface area contributed by atoms with Gasteiger partial charge in [-0.05, 0) is 68.6 Å². The minimum Gasteiger partial charge on any atom is -0.313 e. The first-order valence-corrected chi connectivity index (χ1v) is 9.12. The first kappa shape index (κ1) is 15.3. The summed E-state index contributed by atoms with van der Waals surface area (Å²) in [4.78, 5) is 0.755. The van der Waals surface area contributed by atoms with Gasteiger partial charge in [0.25, 0.3) is 0 Å². The van der Waals surface area contributed by atoms with E-state index in [0.29, 0.717) is 15.8 Å². The standard InChI is InChI=1S/C18H21NO2S/c1-13-6-8-15(9-7-13)22(20,21)16-10-11-17-14(12-16)4-3-5-18(17)19-2/h6-12,18-19H,3-5H2,1-2H3. The van der Waals surface area contributed by atoms with Crippen molar-refractivity contribution >= 4 is 9.84 Å². The predicted molar refractivity (Wildman–Crippen MR) is 87.8 cm³/mol. The van der Waals surface area contributed by atoms with Gasteiger partial charge in [0.1, 0.15) is 0 Å². The monoisotopic (exact) mass is 315 g/mol. The maximum absolute atomic E-state index is 12.8. The zero-order chi connectivity index (χ0) is 15.7. The minimum absolute atomic E-state index is 0.333. The van der Waals surface area contributed by atoms with E-state index in [9.17, 15) is 8.42 Å². The Balaban J connectivity index is 2.03. The van der Waals surface area contributed by atoms with Crippen molar-refractivity contribution in [3.05, 3.63) is 59.2 Å². The highest BCUT2D eigenvalue weighted by Crippen LogP contribution is 2.32. The van der Waals surface area contributed by atoms with Gasteiger partial charge in [0, 0.05) is 6.04 Å². The number of nitrogens with one attached hydrogen (secondary N) is 1. The van der Waals surface area contributed by atoms with Gasteiger partial charge in [-0.1, -0.05) is 23.8 Å². The van der Waals surface area contributed by atoms with Gasteiger partial charge in [-0.25, -0.2) is 8.42 Å². The molecule has 1 N–H and O–H groups in total. The fraction of sp³-hybridized carbons (Fsp3) is 0.333. The lowest BCUT2D eigenvalue weighted by atomic mass is 9.88. The highest BCUT2D eigenvalue weighted by atomic mass is 32.2. The molecule has 3 rings (SSSR count). The number of fused-ring (bicyclic) bond motifs is 1. The largest absolute Gasteiger partial charge is 0.313 e. The molecule has 0 aliphatic heterocycles. The summed E-state index contributed by atoms with van der Waals surface area (Å²) in [5, 5.41) is 3.31. The third-order valence-electron chi connectivity index (χ3n) is 4.42.